The summed E-state index contributed by atoms with van der Waals surface area (Å²) in [7, 11) is 0. The van der Waals surface area contributed by atoms with E-state index >= 15 is 0 Å². The van der Waals surface area contributed by atoms with E-state index in [9.17, 15) is 23.7 Å². The second-order valence-corrected chi connectivity index (χ2v) is 4.85. The van der Waals surface area contributed by atoms with Gasteiger partial charge in [0.15, 0.2) is 0 Å². The summed E-state index contributed by atoms with van der Waals surface area (Å²) in [6.45, 7) is 0. The summed E-state index contributed by atoms with van der Waals surface area (Å²) < 4.78 is 27.8. The monoisotopic (exact) mass is 317 g/mol. The van der Waals surface area contributed by atoms with Crippen molar-refractivity contribution in [1.29, 1.82) is 0 Å². The number of nitro benzene ring substituents is 1. The van der Waals surface area contributed by atoms with Gasteiger partial charge in [0.25, 0.3) is 5.69 Å². The van der Waals surface area contributed by atoms with Gasteiger partial charge in [0.05, 0.1) is 4.92 Å². The first-order chi connectivity index (χ1) is 10.9. The number of hydrogen-bond acceptors (Lipinski definition) is 3. The van der Waals surface area contributed by atoms with Crippen molar-refractivity contribution in [1.82, 2.24) is 0 Å². The van der Waals surface area contributed by atoms with E-state index in [1.165, 1.54) is 60.7 Å². The van der Waals surface area contributed by atoms with Crippen molar-refractivity contribution < 1.29 is 18.5 Å². The Bertz CT molecular complexity index is 725. The Balaban J connectivity index is 2.03. The number of Topliss-reactive ketones (excluding diaryl/α,β-unsaturated/α-hetero) is 1. The molecule has 0 spiro atoms. The lowest BCUT2D eigenvalue weighted by Gasteiger charge is -2.12. The molecule has 0 radical (unpaired) electrons. The Morgan fingerprint density at radius 2 is 1.70 bits per heavy atom. The van der Waals surface area contributed by atoms with Crippen LogP contribution in [0.25, 0.3) is 6.08 Å². The summed E-state index contributed by atoms with van der Waals surface area (Å²) in [4.78, 5) is 21.7. The SMILES string of the molecule is O=C(c1ccccc1)C(F)(F)C/C=C/c1ccc([N+](=O)[O-])cc1. The van der Waals surface area contributed by atoms with Gasteiger partial charge in [0, 0.05) is 24.1 Å². The van der Waals surface area contributed by atoms with Gasteiger partial charge in [-0.15, -0.1) is 0 Å². The summed E-state index contributed by atoms with van der Waals surface area (Å²) in [6, 6.07) is 12.8. The molecule has 0 saturated heterocycles. The lowest BCUT2D eigenvalue weighted by Crippen LogP contribution is -2.27. The third-order valence-electron chi connectivity index (χ3n) is 3.16. The number of halogens is 2. The van der Waals surface area contributed by atoms with E-state index in [0.29, 0.717) is 5.56 Å². The fraction of sp³-hybridized carbons (Fsp3) is 0.118. The van der Waals surface area contributed by atoms with Gasteiger partial charge in [-0.25, -0.2) is 0 Å². The summed E-state index contributed by atoms with van der Waals surface area (Å²) in [6.07, 6.45) is 1.84. The predicted molar refractivity (Wildman–Crippen MR) is 82.5 cm³/mol. The van der Waals surface area contributed by atoms with E-state index in [0.717, 1.165) is 0 Å². The number of carbonyl (C=O) groups is 1. The van der Waals surface area contributed by atoms with Crippen LogP contribution in [-0.4, -0.2) is 16.6 Å². The molecule has 0 fully saturated rings. The number of hydrogen-bond donors (Lipinski definition) is 0. The largest absolute Gasteiger partial charge is 0.313 e. The third-order valence-corrected chi connectivity index (χ3v) is 3.16. The Morgan fingerprint density at radius 3 is 2.26 bits per heavy atom. The second-order valence-electron chi connectivity index (χ2n) is 4.85. The first-order valence-corrected chi connectivity index (χ1v) is 6.79. The minimum Gasteiger partial charge on any atom is -0.287 e. The number of benzene rings is 2. The zero-order chi connectivity index (χ0) is 16.9. The summed E-state index contributed by atoms with van der Waals surface area (Å²) >= 11 is 0. The predicted octanol–water partition coefficient (Wildman–Crippen LogP) is 4.52. The van der Waals surface area contributed by atoms with Gasteiger partial charge in [0.1, 0.15) is 0 Å². The summed E-state index contributed by atoms with van der Waals surface area (Å²) in [5, 5.41) is 10.5. The molecule has 0 saturated carbocycles. The molecular weight excluding hydrogens is 304 g/mol. The van der Waals surface area contributed by atoms with E-state index in [1.807, 2.05) is 0 Å². The van der Waals surface area contributed by atoms with Gasteiger partial charge in [0.2, 0.25) is 5.78 Å². The molecular formula is C17H13F2NO3. The van der Waals surface area contributed by atoms with Gasteiger partial charge in [-0.1, -0.05) is 42.5 Å². The van der Waals surface area contributed by atoms with Gasteiger partial charge >= 0.3 is 5.92 Å². The van der Waals surface area contributed by atoms with Crippen molar-refractivity contribution in [2.75, 3.05) is 0 Å². The first kappa shape index (κ1) is 16.5. The van der Waals surface area contributed by atoms with Crippen molar-refractivity contribution >= 4 is 17.5 Å². The number of rotatable bonds is 6. The van der Waals surface area contributed by atoms with Crippen LogP contribution in [0.3, 0.4) is 0 Å². The Labute approximate surface area is 131 Å². The van der Waals surface area contributed by atoms with Crippen molar-refractivity contribution in [2.45, 2.75) is 12.3 Å². The quantitative estimate of drug-likeness (QED) is 0.447. The lowest BCUT2D eigenvalue weighted by molar-refractivity contribution is -0.384. The van der Waals surface area contributed by atoms with Crippen LogP contribution in [0.5, 0.6) is 0 Å². The smallest absolute Gasteiger partial charge is 0.287 e. The van der Waals surface area contributed by atoms with Crippen LogP contribution >= 0.6 is 0 Å². The van der Waals surface area contributed by atoms with Crippen LogP contribution in [0.1, 0.15) is 22.3 Å². The van der Waals surface area contributed by atoms with E-state index in [1.54, 1.807) is 6.07 Å². The normalized spacial score (nSPS) is 11.6. The highest BCUT2D eigenvalue weighted by atomic mass is 19.3. The fourth-order valence-corrected chi connectivity index (χ4v) is 1.94. The third kappa shape index (κ3) is 4.29. The summed E-state index contributed by atoms with van der Waals surface area (Å²) in [5.41, 5.74) is 0.423. The molecule has 0 bridgehead atoms. The standard InChI is InChI=1S/C17H13F2NO3/c18-17(19,16(21)14-6-2-1-3-7-14)12-4-5-13-8-10-15(11-9-13)20(22)23/h1-11H,12H2/b5-4+. The molecule has 4 nitrogen and oxygen atoms in total. The Hall–Kier alpha value is -2.89. The van der Waals surface area contributed by atoms with Crippen molar-refractivity contribution in [3.05, 3.63) is 81.9 Å². The molecule has 0 aliphatic rings. The molecule has 0 aliphatic heterocycles. The number of nitro groups is 1. The topological polar surface area (TPSA) is 60.2 Å². The molecule has 0 unspecified atom stereocenters. The van der Waals surface area contributed by atoms with Crippen LogP contribution < -0.4 is 0 Å². The van der Waals surface area contributed by atoms with E-state index < -0.39 is 23.0 Å². The number of allylic oxidation sites excluding steroid dienone is 1. The molecule has 2 aromatic rings. The van der Waals surface area contributed by atoms with Crippen LogP contribution in [-0.2, 0) is 0 Å². The van der Waals surface area contributed by atoms with Crippen molar-refractivity contribution in [3.8, 4) is 0 Å². The molecule has 0 N–H and O–H groups in total. The van der Waals surface area contributed by atoms with Crippen LogP contribution in [0, 0.1) is 10.1 Å². The van der Waals surface area contributed by atoms with E-state index in [2.05, 4.69) is 0 Å². The van der Waals surface area contributed by atoms with Crippen LogP contribution in [0.2, 0.25) is 0 Å². The fourth-order valence-electron chi connectivity index (χ4n) is 1.94. The van der Waals surface area contributed by atoms with E-state index in [-0.39, 0.29) is 11.3 Å². The lowest BCUT2D eigenvalue weighted by atomic mass is 10.0. The highest BCUT2D eigenvalue weighted by Crippen LogP contribution is 2.25. The number of non-ortho nitro benzene ring substituents is 1. The Morgan fingerprint density at radius 1 is 1.09 bits per heavy atom. The van der Waals surface area contributed by atoms with Gasteiger partial charge in [-0.05, 0) is 17.7 Å². The maximum Gasteiger partial charge on any atom is 0.313 e. The second kappa shape index (κ2) is 6.91. The van der Waals surface area contributed by atoms with Gasteiger partial charge in [-0.2, -0.15) is 8.78 Å². The molecule has 0 heterocycles. The summed E-state index contributed by atoms with van der Waals surface area (Å²) in [5.74, 6) is -4.73. The average Bonchev–Trinajstić information content (AvgIpc) is 2.55. The molecule has 23 heavy (non-hydrogen) atoms. The molecule has 0 atom stereocenters. The minimum absolute atomic E-state index is 0.0405. The average molecular weight is 317 g/mol. The van der Waals surface area contributed by atoms with Crippen molar-refractivity contribution in [2.24, 2.45) is 0 Å². The van der Waals surface area contributed by atoms with Gasteiger partial charge < -0.3 is 0 Å². The highest BCUT2D eigenvalue weighted by molar-refractivity contribution is 6.01. The number of alkyl halides is 2. The maximum atomic E-state index is 13.9. The molecule has 0 aromatic heterocycles. The van der Waals surface area contributed by atoms with Gasteiger partial charge in [-0.3, -0.25) is 14.9 Å². The highest BCUT2D eigenvalue weighted by Gasteiger charge is 2.37. The maximum absolute atomic E-state index is 13.9. The number of carbonyl (C=O) groups excluding carboxylic acids is 1. The molecule has 0 aliphatic carbocycles. The van der Waals surface area contributed by atoms with Crippen LogP contribution in [0.15, 0.2) is 60.7 Å². The zero-order valence-corrected chi connectivity index (χ0v) is 12.0. The van der Waals surface area contributed by atoms with Crippen LogP contribution in [0.4, 0.5) is 14.5 Å². The minimum atomic E-state index is -3.50. The number of ketones is 1. The molecule has 2 rings (SSSR count). The molecule has 118 valence electrons. The number of nitrogens with zero attached hydrogens (tertiary/aromatic N) is 1. The molecule has 6 heteroatoms. The van der Waals surface area contributed by atoms with E-state index in [4.69, 9.17) is 0 Å². The van der Waals surface area contributed by atoms with Crippen molar-refractivity contribution in [3.63, 3.8) is 0 Å². The molecule has 2 aromatic carbocycles. The Kier molecular flexibility index (Phi) is 4.95. The first-order valence-electron chi connectivity index (χ1n) is 6.79. The molecule has 0 amide bonds. The zero-order valence-electron chi connectivity index (χ0n) is 12.0.